The first kappa shape index (κ1) is 17.8. The van der Waals surface area contributed by atoms with Gasteiger partial charge in [-0.2, -0.15) is 5.26 Å². The molecule has 4 rings (SSSR count). The van der Waals surface area contributed by atoms with E-state index in [4.69, 9.17) is 5.73 Å². The highest BCUT2D eigenvalue weighted by atomic mass is 16.1. The van der Waals surface area contributed by atoms with Crippen molar-refractivity contribution in [2.24, 2.45) is 10.7 Å². The van der Waals surface area contributed by atoms with Crippen LogP contribution in [0.4, 0.5) is 0 Å². The number of rotatable bonds is 3. The molecule has 1 aromatic heterocycles. The van der Waals surface area contributed by atoms with Crippen LogP contribution in [-0.2, 0) is 0 Å². The Hall–Kier alpha value is -3.62. The van der Waals surface area contributed by atoms with Gasteiger partial charge in [0.1, 0.15) is 6.54 Å². The van der Waals surface area contributed by atoms with Gasteiger partial charge in [0.25, 0.3) is 0 Å². The topological polar surface area (TPSA) is 92.1 Å². The Morgan fingerprint density at radius 3 is 2.61 bits per heavy atom. The number of nitrogens with two attached hydrogens (primary N) is 1. The number of pyridine rings is 1. The molecule has 0 aliphatic carbocycles. The van der Waals surface area contributed by atoms with Gasteiger partial charge in [0, 0.05) is 46.8 Å². The van der Waals surface area contributed by atoms with Crippen LogP contribution in [0.2, 0.25) is 0 Å². The number of Topliss-reactive ketones (excluding diaryl/α,β-unsaturated/α-hetero) is 1. The summed E-state index contributed by atoms with van der Waals surface area (Å²) in [5.74, 6) is 0.00375. The van der Waals surface area contributed by atoms with Crippen molar-refractivity contribution in [3.8, 4) is 28.3 Å². The van der Waals surface area contributed by atoms with Gasteiger partial charge in [-0.05, 0) is 30.7 Å². The second kappa shape index (κ2) is 7.18. The molecule has 136 valence electrons. The fourth-order valence-corrected chi connectivity index (χ4v) is 3.46. The van der Waals surface area contributed by atoms with E-state index in [1.807, 2.05) is 49.4 Å². The molecule has 2 N–H and O–H groups in total. The van der Waals surface area contributed by atoms with Gasteiger partial charge in [-0.25, -0.2) is 0 Å². The highest BCUT2D eigenvalue weighted by Crippen LogP contribution is 2.30. The summed E-state index contributed by atoms with van der Waals surface area (Å²) in [6.07, 6.45) is 3.53. The van der Waals surface area contributed by atoms with Crippen LogP contribution in [0.1, 0.15) is 27.0 Å². The number of hydrogen-bond donors (Lipinski definition) is 1. The van der Waals surface area contributed by atoms with Gasteiger partial charge < -0.3 is 5.73 Å². The number of benzene rings is 2. The average molecular weight is 366 g/mol. The molecule has 3 aromatic rings. The molecule has 0 saturated carbocycles. The number of aliphatic imine (C=N–C) groups is 1. The lowest BCUT2D eigenvalue weighted by molar-refractivity contribution is 0.1000. The lowest BCUT2D eigenvalue weighted by Gasteiger charge is -2.16. The number of aryl methyl sites for hydroxylation is 1. The van der Waals surface area contributed by atoms with E-state index >= 15 is 0 Å². The van der Waals surface area contributed by atoms with E-state index in [1.165, 1.54) is 0 Å². The molecule has 5 heteroatoms. The average Bonchev–Trinajstić information content (AvgIpc) is 2.74. The largest absolute Gasteiger partial charge is 0.325 e. The first-order valence-electron chi connectivity index (χ1n) is 8.98. The van der Waals surface area contributed by atoms with Crippen LogP contribution in [0.15, 0.2) is 59.9 Å². The SMILES string of the molecule is Cc1ccc(C#N)c(-c2cncc(-c3ccc4c(c3)C(CN)=NCC4=O)c2)c1. The molecule has 0 saturated heterocycles. The molecule has 1 aliphatic heterocycles. The summed E-state index contributed by atoms with van der Waals surface area (Å²) < 4.78 is 0. The number of ketones is 1. The minimum absolute atomic E-state index is 0.00375. The van der Waals surface area contributed by atoms with Crippen molar-refractivity contribution in [1.82, 2.24) is 4.98 Å². The molecule has 0 amide bonds. The number of hydrogen-bond acceptors (Lipinski definition) is 5. The summed E-state index contributed by atoms with van der Waals surface area (Å²) >= 11 is 0. The Morgan fingerprint density at radius 2 is 1.82 bits per heavy atom. The molecule has 5 nitrogen and oxygen atoms in total. The summed E-state index contributed by atoms with van der Waals surface area (Å²) in [5, 5.41) is 9.44. The standard InChI is InChI=1S/C23H18N4O/c1-14-2-3-16(9-24)20(6-14)18-7-17(11-26-12-18)15-4-5-19-21(8-15)22(10-25)27-13-23(19)28/h2-8,11-12H,10,13,25H2,1H3. The number of carbonyl (C=O) groups excluding carboxylic acids is 1. The number of nitriles is 1. The maximum Gasteiger partial charge on any atom is 0.184 e. The Bertz CT molecular complexity index is 1170. The molecule has 0 unspecified atom stereocenters. The quantitative estimate of drug-likeness (QED) is 0.767. The lowest BCUT2D eigenvalue weighted by Crippen LogP contribution is -2.24. The molecule has 0 fully saturated rings. The maximum absolute atomic E-state index is 12.1. The zero-order valence-corrected chi connectivity index (χ0v) is 15.4. The monoisotopic (exact) mass is 366 g/mol. The fraction of sp³-hybridized carbons (Fsp3) is 0.130. The second-order valence-electron chi connectivity index (χ2n) is 6.77. The third-order valence-corrected chi connectivity index (χ3v) is 4.92. The molecule has 28 heavy (non-hydrogen) atoms. The molecule has 0 radical (unpaired) electrons. The molecular weight excluding hydrogens is 348 g/mol. The zero-order valence-electron chi connectivity index (χ0n) is 15.4. The number of aromatic nitrogens is 1. The molecule has 2 aromatic carbocycles. The molecule has 1 aliphatic rings. The van der Waals surface area contributed by atoms with Gasteiger partial charge in [-0.15, -0.1) is 0 Å². The molecular formula is C23H18N4O. The third-order valence-electron chi connectivity index (χ3n) is 4.92. The summed E-state index contributed by atoms with van der Waals surface area (Å²) in [5.41, 5.74) is 13.3. The first-order chi connectivity index (χ1) is 13.6. The minimum Gasteiger partial charge on any atom is -0.325 e. The fourth-order valence-electron chi connectivity index (χ4n) is 3.46. The number of fused-ring (bicyclic) bond motifs is 1. The minimum atomic E-state index is 0.00375. The smallest absolute Gasteiger partial charge is 0.184 e. The van der Waals surface area contributed by atoms with Crippen molar-refractivity contribution in [1.29, 1.82) is 5.26 Å². The van der Waals surface area contributed by atoms with Gasteiger partial charge in [0.2, 0.25) is 0 Å². The van der Waals surface area contributed by atoms with Crippen molar-refractivity contribution in [2.75, 3.05) is 13.1 Å². The van der Waals surface area contributed by atoms with Crippen molar-refractivity contribution in [2.45, 2.75) is 6.92 Å². The second-order valence-corrected chi connectivity index (χ2v) is 6.77. The van der Waals surface area contributed by atoms with Gasteiger partial charge >= 0.3 is 0 Å². The Labute approximate surface area is 163 Å². The van der Waals surface area contributed by atoms with E-state index in [1.54, 1.807) is 12.4 Å². The van der Waals surface area contributed by atoms with Crippen LogP contribution in [0, 0.1) is 18.3 Å². The molecule has 2 heterocycles. The van der Waals surface area contributed by atoms with E-state index in [9.17, 15) is 10.1 Å². The lowest BCUT2D eigenvalue weighted by atomic mass is 9.92. The van der Waals surface area contributed by atoms with Crippen LogP contribution in [-0.4, -0.2) is 29.6 Å². The normalized spacial score (nSPS) is 12.9. The van der Waals surface area contributed by atoms with Crippen LogP contribution in [0.5, 0.6) is 0 Å². The summed E-state index contributed by atoms with van der Waals surface area (Å²) in [6.45, 7) is 2.44. The van der Waals surface area contributed by atoms with E-state index in [2.05, 4.69) is 16.0 Å². The van der Waals surface area contributed by atoms with Gasteiger partial charge in [0.05, 0.1) is 17.3 Å². The van der Waals surface area contributed by atoms with Crippen molar-refractivity contribution in [3.05, 3.63) is 77.1 Å². The predicted octanol–water partition coefficient (Wildman–Crippen LogP) is 3.54. The van der Waals surface area contributed by atoms with E-state index in [-0.39, 0.29) is 18.9 Å². The summed E-state index contributed by atoms with van der Waals surface area (Å²) in [4.78, 5) is 20.8. The summed E-state index contributed by atoms with van der Waals surface area (Å²) in [7, 11) is 0. The number of carbonyl (C=O) groups is 1. The number of nitrogens with zero attached hydrogens (tertiary/aromatic N) is 3. The van der Waals surface area contributed by atoms with E-state index in [0.29, 0.717) is 11.1 Å². The first-order valence-corrected chi connectivity index (χ1v) is 8.98. The van der Waals surface area contributed by atoms with Gasteiger partial charge in [-0.3, -0.25) is 14.8 Å². The molecule has 0 spiro atoms. The van der Waals surface area contributed by atoms with Gasteiger partial charge in [-0.1, -0.05) is 29.8 Å². The van der Waals surface area contributed by atoms with E-state index in [0.717, 1.165) is 39.1 Å². The van der Waals surface area contributed by atoms with Crippen LogP contribution < -0.4 is 5.73 Å². The molecule has 0 atom stereocenters. The van der Waals surface area contributed by atoms with Crippen molar-refractivity contribution < 1.29 is 4.79 Å². The van der Waals surface area contributed by atoms with Crippen LogP contribution in [0.3, 0.4) is 0 Å². The van der Waals surface area contributed by atoms with Crippen LogP contribution in [0.25, 0.3) is 22.3 Å². The highest BCUT2D eigenvalue weighted by molar-refractivity contribution is 6.16. The van der Waals surface area contributed by atoms with E-state index < -0.39 is 0 Å². The van der Waals surface area contributed by atoms with Crippen LogP contribution >= 0.6 is 0 Å². The third kappa shape index (κ3) is 3.11. The predicted molar refractivity (Wildman–Crippen MR) is 109 cm³/mol. The molecule has 0 bridgehead atoms. The highest BCUT2D eigenvalue weighted by Gasteiger charge is 2.20. The summed E-state index contributed by atoms with van der Waals surface area (Å²) in [6, 6.07) is 15.7. The van der Waals surface area contributed by atoms with Gasteiger partial charge in [0.15, 0.2) is 5.78 Å². The van der Waals surface area contributed by atoms with Crippen molar-refractivity contribution in [3.63, 3.8) is 0 Å². The Morgan fingerprint density at radius 1 is 1.00 bits per heavy atom. The van der Waals surface area contributed by atoms with Crippen molar-refractivity contribution >= 4 is 11.5 Å². The zero-order chi connectivity index (χ0) is 19.7. The Balaban J connectivity index is 1.82. The maximum atomic E-state index is 12.1. The Kier molecular flexibility index (Phi) is 4.56.